The Hall–Kier alpha value is 0.380. The molecule has 0 atom stereocenters. The van der Waals surface area contributed by atoms with E-state index in [2.05, 4.69) is 15.9 Å². The van der Waals surface area contributed by atoms with Gasteiger partial charge in [0.2, 0.25) is 0 Å². The zero-order valence-corrected chi connectivity index (χ0v) is 13.5. The summed E-state index contributed by atoms with van der Waals surface area (Å²) in [6, 6.07) is 1.75. The minimum Gasteiger partial charge on any atom is -0.206 e. The second-order valence-corrected chi connectivity index (χ2v) is 8.02. The summed E-state index contributed by atoms with van der Waals surface area (Å²) < 4.78 is 26.7. The van der Waals surface area contributed by atoms with Crippen LogP contribution in [0.3, 0.4) is 0 Å². The van der Waals surface area contributed by atoms with Crippen molar-refractivity contribution in [1.82, 2.24) is 4.31 Å². The van der Waals surface area contributed by atoms with E-state index >= 15 is 0 Å². The number of hydrogen-bond acceptors (Lipinski definition) is 3. The maximum atomic E-state index is 12.2. The molecular weight excluding hydrogens is 346 g/mol. The van der Waals surface area contributed by atoms with Crippen LogP contribution in [0.25, 0.3) is 0 Å². The molecule has 3 nitrogen and oxygen atoms in total. The van der Waals surface area contributed by atoms with Gasteiger partial charge in [0.1, 0.15) is 4.21 Å². The average molecular weight is 361 g/mol. The monoisotopic (exact) mass is 359 g/mol. The van der Waals surface area contributed by atoms with Gasteiger partial charge < -0.3 is 0 Å². The molecule has 0 aliphatic carbocycles. The summed E-state index contributed by atoms with van der Waals surface area (Å²) in [7, 11) is -1.73. The van der Waals surface area contributed by atoms with E-state index in [9.17, 15) is 8.42 Å². The number of alkyl halides is 1. The normalized spacial score (nSPS) is 12.2. The Morgan fingerprint density at radius 1 is 1.41 bits per heavy atom. The van der Waals surface area contributed by atoms with Gasteiger partial charge in [-0.2, -0.15) is 0 Å². The molecule has 7 heteroatoms. The summed E-state index contributed by atoms with van der Waals surface area (Å²) >= 11 is 10.1. The molecule has 0 aromatic carbocycles. The molecule has 0 spiro atoms. The predicted octanol–water partition coefficient (Wildman–Crippen LogP) is 3.54. The first-order chi connectivity index (χ1) is 8.00. The van der Waals surface area contributed by atoms with Gasteiger partial charge >= 0.3 is 0 Å². The third-order valence-electron chi connectivity index (χ3n) is 2.34. The van der Waals surface area contributed by atoms with Gasteiger partial charge in [0, 0.05) is 23.9 Å². The van der Waals surface area contributed by atoms with Crippen LogP contribution in [0.5, 0.6) is 0 Å². The number of unbranched alkanes of at least 4 members (excludes halogenated alkanes) is 2. The minimum atomic E-state index is -3.34. The molecule has 0 saturated heterocycles. The lowest BCUT2D eigenvalue weighted by Crippen LogP contribution is -2.27. The van der Waals surface area contributed by atoms with Crippen molar-refractivity contribution < 1.29 is 8.42 Å². The zero-order chi connectivity index (χ0) is 12.9. The Morgan fingerprint density at radius 2 is 2.12 bits per heavy atom. The quantitative estimate of drug-likeness (QED) is 0.551. The molecule has 1 rings (SSSR count). The van der Waals surface area contributed by atoms with Crippen molar-refractivity contribution in [3.05, 3.63) is 15.9 Å². The molecule has 0 N–H and O–H groups in total. The van der Waals surface area contributed by atoms with Crippen LogP contribution in [-0.2, 0) is 10.0 Å². The van der Waals surface area contributed by atoms with Crippen LogP contribution in [0.2, 0.25) is 0 Å². The Labute approximate surface area is 120 Å². The third kappa shape index (κ3) is 4.21. The van der Waals surface area contributed by atoms with E-state index in [1.807, 2.05) is 0 Å². The molecule has 0 bridgehead atoms. The summed E-state index contributed by atoms with van der Waals surface area (Å²) in [5.41, 5.74) is 0. The first-order valence-electron chi connectivity index (χ1n) is 5.25. The molecular formula is C10H15BrClNO2S2. The second kappa shape index (κ2) is 7.09. The molecule has 0 aliphatic rings. The molecule has 1 aromatic rings. The SMILES string of the molecule is CN(CCCCCCl)S(=O)(=O)c1sccc1Br. The lowest BCUT2D eigenvalue weighted by atomic mass is 10.2. The first-order valence-corrected chi connectivity index (χ1v) is 8.90. The number of halogens is 2. The lowest BCUT2D eigenvalue weighted by molar-refractivity contribution is 0.455. The van der Waals surface area contributed by atoms with Gasteiger partial charge in [-0.05, 0) is 40.2 Å². The average Bonchev–Trinajstić information content (AvgIpc) is 2.71. The molecule has 1 aromatic heterocycles. The largest absolute Gasteiger partial charge is 0.253 e. The van der Waals surface area contributed by atoms with Crippen molar-refractivity contribution in [2.45, 2.75) is 23.5 Å². The minimum absolute atomic E-state index is 0.373. The third-order valence-corrected chi connectivity index (χ3v) is 7.11. The molecule has 0 amide bonds. The number of nitrogens with zero attached hydrogens (tertiary/aromatic N) is 1. The molecule has 0 fully saturated rings. The van der Waals surface area contributed by atoms with Gasteiger partial charge in [-0.25, -0.2) is 12.7 Å². The Morgan fingerprint density at radius 3 is 2.65 bits per heavy atom. The first kappa shape index (κ1) is 15.4. The topological polar surface area (TPSA) is 37.4 Å². The fourth-order valence-corrected chi connectivity index (χ4v) is 5.23. The van der Waals surface area contributed by atoms with Crippen molar-refractivity contribution in [3.8, 4) is 0 Å². The van der Waals surface area contributed by atoms with Gasteiger partial charge in [0.15, 0.2) is 0 Å². The predicted molar refractivity (Wildman–Crippen MR) is 76.4 cm³/mol. The fraction of sp³-hybridized carbons (Fsp3) is 0.600. The highest BCUT2D eigenvalue weighted by molar-refractivity contribution is 9.10. The van der Waals surface area contributed by atoms with Crippen LogP contribution in [0.4, 0.5) is 0 Å². The van der Waals surface area contributed by atoms with Gasteiger partial charge in [0.05, 0.1) is 0 Å². The Balaban J connectivity index is 2.62. The number of rotatable bonds is 7. The van der Waals surface area contributed by atoms with Crippen LogP contribution in [0.15, 0.2) is 20.1 Å². The summed E-state index contributed by atoms with van der Waals surface area (Å²) in [5, 5.41) is 1.76. The summed E-state index contributed by atoms with van der Waals surface area (Å²) in [6.07, 6.45) is 2.72. The van der Waals surface area contributed by atoms with E-state index in [-0.39, 0.29) is 0 Å². The number of hydrogen-bond donors (Lipinski definition) is 0. The molecule has 17 heavy (non-hydrogen) atoms. The highest BCUT2D eigenvalue weighted by atomic mass is 79.9. The maximum absolute atomic E-state index is 12.2. The van der Waals surface area contributed by atoms with Crippen molar-refractivity contribution >= 4 is 48.9 Å². The summed E-state index contributed by atoms with van der Waals surface area (Å²) in [5.74, 6) is 0.632. The molecule has 1 heterocycles. The molecule has 0 saturated carbocycles. The van der Waals surface area contributed by atoms with E-state index in [0.717, 1.165) is 19.3 Å². The van der Waals surface area contributed by atoms with Crippen molar-refractivity contribution in [2.75, 3.05) is 19.5 Å². The van der Waals surface area contributed by atoms with Crippen LogP contribution < -0.4 is 0 Å². The van der Waals surface area contributed by atoms with Gasteiger partial charge in [-0.15, -0.1) is 22.9 Å². The van der Waals surface area contributed by atoms with Crippen LogP contribution in [0, 0.1) is 0 Å². The maximum Gasteiger partial charge on any atom is 0.253 e. The van der Waals surface area contributed by atoms with E-state index in [0.29, 0.717) is 21.1 Å². The molecule has 0 aliphatic heterocycles. The standard InChI is InChI=1S/C10H15BrClNO2S2/c1-13(7-4-2-3-6-12)17(14,15)10-9(11)5-8-16-10/h5,8H,2-4,6-7H2,1H3. The van der Waals surface area contributed by atoms with Crippen LogP contribution in [-0.4, -0.2) is 32.2 Å². The zero-order valence-electron chi connectivity index (χ0n) is 9.53. The number of thiophene rings is 1. The summed E-state index contributed by atoms with van der Waals surface area (Å²) in [4.78, 5) is 0. The lowest BCUT2D eigenvalue weighted by Gasteiger charge is -2.16. The van der Waals surface area contributed by atoms with Gasteiger partial charge in [-0.3, -0.25) is 0 Å². The van der Waals surface area contributed by atoms with Crippen LogP contribution in [0.1, 0.15) is 19.3 Å². The van der Waals surface area contributed by atoms with Crippen molar-refractivity contribution in [2.24, 2.45) is 0 Å². The van der Waals surface area contributed by atoms with E-state index in [1.165, 1.54) is 15.6 Å². The highest BCUT2D eigenvalue weighted by Gasteiger charge is 2.24. The Kier molecular flexibility index (Phi) is 6.44. The molecule has 98 valence electrons. The summed E-state index contributed by atoms with van der Waals surface area (Å²) in [6.45, 7) is 0.531. The number of sulfonamides is 1. The Bertz CT molecular complexity index is 447. The second-order valence-electron chi connectivity index (χ2n) is 3.63. The van der Waals surface area contributed by atoms with E-state index in [4.69, 9.17) is 11.6 Å². The van der Waals surface area contributed by atoms with Crippen molar-refractivity contribution in [3.63, 3.8) is 0 Å². The van der Waals surface area contributed by atoms with E-state index < -0.39 is 10.0 Å². The van der Waals surface area contributed by atoms with Crippen LogP contribution >= 0.6 is 38.9 Å². The van der Waals surface area contributed by atoms with E-state index in [1.54, 1.807) is 18.5 Å². The van der Waals surface area contributed by atoms with Gasteiger partial charge in [-0.1, -0.05) is 6.42 Å². The smallest absolute Gasteiger partial charge is 0.206 e. The van der Waals surface area contributed by atoms with Gasteiger partial charge in [0.25, 0.3) is 10.0 Å². The molecule has 0 unspecified atom stereocenters. The highest BCUT2D eigenvalue weighted by Crippen LogP contribution is 2.29. The fourth-order valence-electron chi connectivity index (χ4n) is 1.33. The molecule has 0 radical (unpaired) electrons. The van der Waals surface area contributed by atoms with Crippen molar-refractivity contribution in [1.29, 1.82) is 0 Å².